The van der Waals surface area contributed by atoms with Crippen molar-refractivity contribution in [2.24, 2.45) is 4.99 Å². The summed E-state index contributed by atoms with van der Waals surface area (Å²) in [6, 6.07) is 5.72. The highest BCUT2D eigenvalue weighted by atomic mass is 35.5. The molecule has 72 valence electrons. The van der Waals surface area contributed by atoms with Crippen molar-refractivity contribution in [2.45, 2.75) is 25.3 Å². The Bertz CT molecular complexity index is 417. The van der Waals surface area contributed by atoms with Crippen molar-refractivity contribution in [3.05, 3.63) is 34.3 Å². The monoisotopic (exact) mass is 207 g/mol. The maximum Gasteiger partial charge on any atom is 0.235 e. The van der Waals surface area contributed by atoms with E-state index in [0.717, 1.165) is 29.0 Å². The standard InChI is InChI=1S/C11H10ClNO/c1-8-9(3-2-4-10(8)12)11(5-6-11)13-7-14/h2-4H,5-6H2,1H3. The molecule has 1 aromatic carbocycles. The smallest absolute Gasteiger partial charge is 0.211 e. The average molecular weight is 208 g/mol. The third-order valence-electron chi connectivity index (χ3n) is 2.75. The van der Waals surface area contributed by atoms with E-state index in [9.17, 15) is 4.79 Å². The Balaban J connectivity index is 2.52. The fourth-order valence-corrected chi connectivity index (χ4v) is 1.93. The molecular weight excluding hydrogens is 198 g/mol. The number of isocyanates is 1. The zero-order valence-corrected chi connectivity index (χ0v) is 8.64. The fourth-order valence-electron chi connectivity index (χ4n) is 1.76. The SMILES string of the molecule is Cc1c(Cl)cccc1C1(N=C=O)CC1. The Kier molecular flexibility index (Phi) is 2.18. The minimum Gasteiger partial charge on any atom is -0.211 e. The molecule has 0 spiro atoms. The van der Waals surface area contributed by atoms with Gasteiger partial charge in [-0.15, -0.1) is 0 Å². The van der Waals surface area contributed by atoms with Crippen LogP contribution in [-0.2, 0) is 10.3 Å². The molecule has 1 aromatic rings. The Morgan fingerprint density at radius 1 is 1.50 bits per heavy atom. The molecule has 1 aliphatic carbocycles. The molecule has 2 nitrogen and oxygen atoms in total. The normalized spacial score (nSPS) is 17.3. The second-order valence-electron chi connectivity index (χ2n) is 3.65. The van der Waals surface area contributed by atoms with Crippen molar-refractivity contribution < 1.29 is 4.79 Å². The van der Waals surface area contributed by atoms with Crippen LogP contribution in [0.1, 0.15) is 24.0 Å². The minimum absolute atomic E-state index is 0.309. The Morgan fingerprint density at radius 3 is 2.79 bits per heavy atom. The van der Waals surface area contributed by atoms with Crippen LogP contribution in [0.2, 0.25) is 5.02 Å². The van der Waals surface area contributed by atoms with Gasteiger partial charge in [-0.25, -0.2) is 4.79 Å². The third kappa shape index (κ3) is 1.37. The molecule has 0 aromatic heterocycles. The number of hydrogen-bond acceptors (Lipinski definition) is 2. The van der Waals surface area contributed by atoms with Crippen LogP contribution in [0.25, 0.3) is 0 Å². The molecule has 0 radical (unpaired) electrons. The van der Waals surface area contributed by atoms with E-state index in [4.69, 9.17) is 11.6 Å². The Morgan fingerprint density at radius 2 is 2.21 bits per heavy atom. The van der Waals surface area contributed by atoms with Gasteiger partial charge in [-0.3, -0.25) is 0 Å². The number of carbonyl (C=O) groups excluding carboxylic acids is 1. The zero-order chi connectivity index (χ0) is 10.2. The number of halogens is 1. The lowest BCUT2D eigenvalue weighted by atomic mass is 10.00. The summed E-state index contributed by atoms with van der Waals surface area (Å²) in [5.74, 6) is 0. The molecule has 1 saturated carbocycles. The summed E-state index contributed by atoms with van der Waals surface area (Å²) < 4.78 is 0. The van der Waals surface area contributed by atoms with Crippen LogP contribution in [0.3, 0.4) is 0 Å². The zero-order valence-electron chi connectivity index (χ0n) is 7.88. The summed E-state index contributed by atoms with van der Waals surface area (Å²) in [6.07, 6.45) is 3.49. The van der Waals surface area contributed by atoms with Crippen LogP contribution in [0, 0.1) is 6.92 Å². The minimum atomic E-state index is -0.309. The van der Waals surface area contributed by atoms with Crippen molar-refractivity contribution in [1.29, 1.82) is 0 Å². The largest absolute Gasteiger partial charge is 0.235 e. The first kappa shape index (κ1) is 9.45. The third-order valence-corrected chi connectivity index (χ3v) is 3.16. The number of benzene rings is 1. The molecule has 0 amide bonds. The summed E-state index contributed by atoms with van der Waals surface area (Å²) >= 11 is 6.01. The topological polar surface area (TPSA) is 29.4 Å². The summed E-state index contributed by atoms with van der Waals surface area (Å²) in [5, 5.41) is 0.731. The predicted octanol–water partition coefficient (Wildman–Crippen LogP) is 2.97. The summed E-state index contributed by atoms with van der Waals surface area (Å²) in [6.45, 7) is 1.96. The van der Waals surface area contributed by atoms with Gasteiger partial charge in [0.1, 0.15) is 0 Å². The second kappa shape index (κ2) is 3.23. The Hall–Kier alpha value is -1.11. The molecule has 0 bridgehead atoms. The summed E-state index contributed by atoms with van der Waals surface area (Å²) in [7, 11) is 0. The van der Waals surface area contributed by atoms with Crippen molar-refractivity contribution in [3.63, 3.8) is 0 Å². The first-order valence-corrected chi connectivity index (χ1v) is 4.92. The van der Waals surface area contributed by atoms with Gasteiger partial charge in [-0.1, -0.05) is 23.7 Å². The molecule has 0 unspecified atom stereocenters. The molecule has 0 heterocycles. The van der Waals surface area contributed by atoms with E-state index < -0.39 is 0 Å². The number of rotatable bonds is 2. The van der Waals surface area contributed by atoms with Gasteiger partial charge in [0.25, 0.3) is 0 Å². The molecular formula is C11H10ClNO. The molecule has 0 aliphatic heterocycles. The number of nitrogens with zero attached hydrogens (tertiary/aromatic N) is 1. The quantitative estimate of drug-likeness (QED) is 0.542. The lowest BCUT2D eigenvalue weighted by Crippen LogP contribution is -2.04. The van der Waals surface area contributed by atoms with E-state index in [0.29, 0.717) is 0 Å². The first-order valence-electron chi connectivity index (χ1n) is 4.54. The van der Waals surface area contributed by atoms with E-state index >= 15 is 0 Å². The Labute approximate surface area is 87.6 Å². The van der Waals surface area contributed by atoms with Crippen LogP contribution in [-0.4, -0.2) is 6.08 Å². The maximum absolute atomic E-state index is 10.3. The van der Waals surface area contributed by atoms with Gasteiger partial charge in [-0.05, 0) is 37.0 Å². The molecule has 0 atom stereocenters. The number of hydrogen-bond donors (Lipinski definition) is 0. The molecule has 0 saturated heterocycles. The average Bonchev–Trinajstić information content (AvgIpc) is 2.91. The van der Waals surface area contributed by atoms with Gasteiger partial charge in [0.2, 0.25) is 6.08 Å². The van der Waals surface area contributed by atoms with Gasteiger partial charge < -0.3 is 0 Å². The van der Waals surface area contributed by atoms with Gasteiger partial charge in [-0.2, -0.15) is 4.99 Å². The highest BCUT2D eigenvalue weighted by Crippen LogP contribution is 2.50. The van der Waals surface area contributed by atoms with Crippen molar-refractivity contribution >= 4 is 17.7 Å². The maximum atomic E-state index is 10.3. The highest BCUT2D eigenvalue weighted by Gasteiger charge is 2.45. The van der Waals surface area contributed by atoms with Crippen LogP contribution < -0.4 is 0 Å². The fraction of sp³-hybridized carbons (Fsp3) is 0.364. The highest BCUT2D eigenvalue weighted by molar-refractivity contribution is 6.31. The number of aliphatic imine (C=N–C) groups is 1. The molecule has 3 heteroatoms. The molecule has 1 aliphatic rings. The van der Waals surface area contributed by atoms with Crippen molar-refractivity contribution in [2.75, 3.05) is 0 Å². The molecule has 0 N–H and O–H groups in total. The first-order chi connectivity index (χ1) is 6.69. The summed E-state index contributed by atoms with van der Waals surface area (Å²) in [5.41, 5.74) is 1.77. The lowest BCUT2D eigenvalue weighted by molar-refractivity contribution is 0.556. The lowest BCUT2D eigenvalue weighted by Gasteiger charge is -2.12. The van der Waals surface area contributed by atoms with E-state index in [1.54, 1.807) is 6.08 Å². The second-order valence-corrected chi connectivity index (χ2v) is 4.05. The van der Waals surface area contributed by atoms with Crippen LogP contribution in [0.4, 0.5) is 0 Å². The van der Waals surface area contributed by atoms with Gasteiger partial charge in [0.05, 0.1) is 5.54 Å². The van der Waals surface area contributed by atoms with E-state index in [-0.39, 0.29) is 5.54 Å². The van der Waals surface area contributed by atoms with Crippen molar-refractivity contribution in [1.82, 2.24) is 0 Å². The van der Waals surface area contributed by atoms with Gasteiger partial charge in [0.15, 0.2) is 0 Å². The van der Waals surface area contributed by atoms with E-state index in [1.165, 1.54) is 0 Å². The molecule has 1 fully saturated rings. The van der Waals surface area contributed by atoms with Gasteiger partial charge >= 0.3 is 0 Å². The van der Waals surface area contributed by atoms with Crippen LogP contribution in [0.15, 0.2) is 23.2 Å². The van der Waals surface area contributed by atoms with E-state index in [1.807, 2.05) is 25.1 Å². The molecule has 14 heavy (non-hydrogen) atoms. The van der Waals surface area contributed by atoms with Crippen LogP contribution >= 0.6 is 11.6 Å². The van der Waals surface area contributed by atoms with Crippen LogP contribution in [0.5, 0.6) is 0 Å². The van der Waals surface area contributed by atoms with E-state index in [2.05, 4.69) is 4.99 Å². The van der Waals surface area contributed by atoms with Gasteiger partial charge in [0, 0.05) is 5.02 Å². The summed E-state index contributed by atoms with van der Waals surface area (Å²) in [4.78, 5) is 14.2. The predicted molar refractivity (Wildman–Crippen MR) is 55.2 cm³/mol. The molecule has 2 rings (SSSR count). The van der Waals surface area contributed by atoms with Crippen molar-refractivity contribution in [3.8, 4) is 0 Å².